The molecule has 1 atom stereocenters. The first-order valence-corrected chi connectivity index (χ1v) is 8.20. The summed E-state index contributed by atoms with van der Waals surface area (Å²) in [6.07, 6.45) is 6.57. The van der Waals surface area contributed by atoms with Gasteiger partial charge in [-0.3, -0.25) is 4.90 Å². The molecule has 0 saturated carbocycles. The number of rotatable bonds is 5. The van der Waals surface area contributed by atoms with Crippen LogP contribution in [0.15, 0.2) is 0 Å². The molecular formula is C16H32N2O. The van der Waals surface area contributed by atoms with Crippen molar-refractivity contribution in [2.24, 2.45) is 5.92 Å². The van der Waals surface area contributed by atoms with Gasteiger partial charge in [0, 0.05) is 31.3 Å². The molecule has 0 aromatic rings. The lowest BCUT2D eigenvalue weighted by Gasteiger charge is -2.48. The molecule has 0 radical (unpaired) electrons. The van der Waals surface area contributed by atoms with Crippen LogP contribution in [0.1, 0.15) is 52.9 Å². The van der Waals surface area contributed by atoms with Gasteiger partial charge in [-0.2, -0.15) is 0 Å². The van der Waals surface area contributed by atoms with E-state index in [0.717, 1.165) is 19.8 Å². The van der Waals surface area contributed by atoms with E-state index in [-0.39, 0.29) is 0 Å². The Hall–Kier alpha value is -0.120. The smallest absolute Gasteiger partial charge is 0.0484 e. The van der Waals surface area contributed by atoms with Crippen molar-refractivity contribution in [1.82, 2.24) is 10.2 Å². The molecule has 0 bridgehead atoms. The first-order valence-electron chi connectivity index (χ1n) is 8.20. The van der Waals surface area contributed by atoms with Crippen LogP contribution in [0.4, 0.5) is 0 Å². The number of likely N-dealkylation sites (tertiary alicyclic amines) is 1. The van der Waals surface area contributed by atoms with Gasteiger partial charge in [-0.05, 0) is 51.6 Å². The third-order valence-electron chi connectivity index (χ3n) is 5.20. The van der Waals surface area contributed by atoms with Gasteiger partial charge in [0.2, 0.25) is 0 Å². The lowest BCUT2D eigenvalue weighted by molar-refractivity contribution is -0.0371. The van der Waals surface area contributed by atoms with Crippen molar-refractivity contribution in [3.63, 3.8) is 0 Å². The summed E-state index contributed by atoms with van der Waals surface area (Å²) < 4.78 is 5.62. The molecule has 2 saturated heterocycles. The Labute approximate surface area is 119 Å². The van der Waals surface area contributed by atoms with E-state index in [1.165, 1.54) is 45.2 Å². The predicted octanol–water partition coefficient (Wildman–Crippen LogP) is 2.66. The molecule has 2 heterocycles. The van der Waals surface area contributed by atoms with Crippen molar-refractivity contribution in [2.75, 3.05) is 32.8 Å². The standard InChI is InChI=1S/C16H32N2O/c1-14(2)15(3)17-13-16(7-11-19-12-8-16)18-9-5-4-6-10-18/h14-15,17H,4-13H2,1-3H3. The fraction of sp³-hybridized carbons (Fsp3) is 1.00. The van der Waals surface area contributed by atoms with Crippen molar-refractivity contribution < 1.29 is 4.74 Å². The van der Waals surface area contributed by atoms with Gasteiger partial charge >= 0.3 is 0 Å². The molecule has 112 valence electrons. The quantitative estimate of drug-likeness (QED) is 0.829. The third-order valence-corrected chi connectivity index (χ3v) is 5.20. The molecule has 0 amide bonds. The highest BCUT2D eigenvalue weighted by molar-refractivity contribution is 4.96. The number of nitrogens with zero attached hydrogens (tertiary/aromatic N) is 1. The second-order valence-corrected chi connectivity index (χ2v) is 6.80. The lowest BCUT2D eigenvalue weighted by atomic mass is 9.85. The number of ether oxygens (including phenoxy) is 1. The number of piperidine rings is 1. The molecule has 3 heteroatoms. The molecule has 19 heavy (non-hydrogen) atoms. The minimum Gasteiger partial charge on any atom is -0.381 e. The summed E-state index contributed by atoms with van der Waals surface area (Å²) in [7, 11) is 0. The zero-order valence-electron chi connectivity index (χ0n) is 13.1. The van der Waals surface area contributed by atoms with E-state index < -0.39 is 0 Å². The van der Waals surface area contributed by atoms with Crippen LogP contribution in [0.2, 0.25) is 0 Å². The van der Waals surface area contributed by atoms with Crippen LogP contribution in [-0.4, -0.2) is 49.3 Å². The lowest BCUT2D eigenvalue weighted by Crippen LogP contribution is -2.60. The summed E-state index contributed by atoms with van der Waals surface area (Å²) in [5, 5.41) is 3.79. The van der Waals surface area contributed by atoms with E-state index in [2.05, 4.69) is 31.0 Å². The Bertz CT molecular complexity index is 255. The van der Waals surface area contributed by atoms with Gasteiger partial charge < -0.3 is 10.1 Å². The molecule has 0 spiro atoms. The summed E-state index contributed by atoms with van der Waals surface area (Å²) in [5.74, 6) is 0.707. The van der Waals surface area contributed by atoms with E-state index in [1.807, 2.05) is 0 Å². The van der Waals surface area contributed by atoms with Crippen LogP contribution < -0.4 is 5.32 Å². The molecule has 0 aromatic heterocycles. The fourth-order valence-corrected chi connectivity index (χ4v) is 3.31. The van der Waals surface area contributed by atoms with Gasteiger partial charge in [0.25, 0.3) is 0 Å². The SMILES string of the molecule is CC(C)C(C)NCC1(N2CCCCC2)CCOCC1. The van der Waals surface area contributed by atoms with Crippen LogP contribution in [0.3, 0.4) is 0 Å². The molecule has 1 unspecified atom stereocenters. The second kappa shape index (κ2) is 7.05. The van der Waals surface area contributed by atoms with Gasteiger partial charge in [0.1, 0.15) is 0 Å². The van der Waals surface area contributed by atoms with E-state index in [0.29, 0.717) is 17.5 Å². The molecule has 0 aliphatic carbocycles. The maximum absolute atomic E-state index is 5.62. The van der Waals surface area contributed by atoms with Crippen molar-refractivity contribution in [3.8, 4) is 0 Å². The average Bonchev–Trinajstić information content (AvgIpc) is 2.46. The Kier molecular flexibility index (Phi) is 5.67. The van der Waals surface area contributed by atoms with Crippen molar-refractivity contribution >= 4 is 0 Å². The Balaban J connectivity index is 1.97. The van der Waals surface area contributed by atoms with E-state index in [4.69, 9.17) is 4.74 Å². The van der Waals surface area contributed by atoms with E-state index in [1.54, 1.807) is 0 Å². The summed E-state index contributed by atoms with van der Waals surface area (Å²) >= 11 is 0. The molecule has 0 aromatic carbocycles. The minimum absolute atomic E-state index is 0.363. The summed E-state index contributed by atoms with van der Waals surface area (Å²) in [6.45, 7) is 12.5. The van der Waals surface area contributed by atoms with Crippen LogP contribution in [0.5, 0.6) is 0 Å². The average molecular weight is 268 g/mol. The monoisotopic (exact) mass is 268 g/mol. The first kappa shape index (κ1) is 15.3. The van der Waals surface area contributed by atoms with Gasteiger partial charge in [0.15, 0.2) is 0 Å². The zero-order valence-corrected chi connectivity index (χ0v) is 13.1. The van der Waals surface area contributed by atoms with Crippen molar-refractivity contribution in [2.45, 2.75) is 64.5 Å². The number of hydrogen-bond acceptors (Lipinski definition) is 3. The van der Waals surface area contributed by atoms with E-state index in [9.17, 15) is 0 Å². The largest absolute Gasteiger partial charge is 0.381 e. The summed E-state index contributed by atoms with van der Waals surface area (Å²) in [4.78, 5) is 2.76. The summed E-state index contributed by atoms with van der Waals surface area (Å²) in [6, 6.07) is 0.601. The van der Waals surface area contributed by atoms with Crippen LogP contribution >= 0.6 is 0 Å². The van der Waals surface area contributed by atoms with Crippen LogP contribution in [0.25, 0.3) is 0 Å². The van der Waals surface area contributed by atoms with Gasteiger partial charge in [0.05, 0.1) is 0 Å². The third kappa shape index (κ3) is 3.93. The minimum atomic E-state index is 0.363. The molecule has 2 aliphatic rings. The molecule has 2 aliphatic heterocycles. The highest BCUT2D eigenvalue weighted by Crippen LogP contribution is 2.30. The normalized spacial score (nSPS) is 26.5. The molecule has 1 N–H and O–H groups in total. The number of hydrogen-bond donors (Lipinski definition) is 1. The van der Waals surface area contributed by atoms with Crippen LogP contribution in [0, 0.1) is 5.92 Å². The predicted molar refractivity (Wildman–Crippen MR) is 80.5 cm³/mol. The molecule has 2 rings (SSSR count). The molecule has 3 nitrogen and oxygen atoms in total. The Morgan fingerprint density at radius 3 is 2.26 bits per heavy atom. The van der Waals surface area contributed by atoms with Gasteiger partial charge in [-0.15, -0.1) is 0 Å². The number of nitrogens with one attached hydrogen (secondary N) is 1. The first-order chi connectivity index (χ1) is 9.14. The maximum atomic E-state index is 5.62. The van der Waals surface area contributed by atoms with Crippen molar-refractivity contribution in [3.05, 3.63) is 0 Å². The van der Waals surface area contributed by atoms with Gasteiger partial charge in [-0.25, -0.2) is 0 Å². The van der Waals surface area contributed by atoms with Crippen molar-refractivity contribution in [1.29, 1.82) is 0 Å². The Morgan fingerprint density at radius 2 is 1.68 bits per heavy atom. The zero-order chi connectivity index (χ0) is 13.7. The second-order valence-electron chi connectivity index (χ2n) is 6.80. The molecular weight excluding hydrogens is 236 g/mol. The maximum Gasteiger partial charge on any atom is 0.0484 e. The highest BCUT2D eigenvalue weighted by Gasteiger charge is 2.38. The van der Waals surface area contributed by atoms with Gasteiger partial charge in [-0.1, -0.05) is 20.3 Å². The molecule has 2 fully saturated rings. The fourth-order valence-electron chi connectivity index (χ4n) is 3.31. The van der Waals surface area contributed by atoms with E-state index >= 15 is 0 Å². The van der Waals surface area contributed by atoms with Crippen LogP contribution in [-0.2, 0) is 4.74 Å². The summed E-state index contributed by atoms with van der Waals surface area (Å²) in [5.41, 5.74) is 0.363. The highest BCUT2D eigenvalue weighted by atomic mass is 16.5. The topological polar surface area (TPSA) is 24.5 Å². The Morgan fingerprint density at radius 1 is 1.05 bits per heavy atom.